The van der Waals surface area contributed by atoms with Crippen molar-refractivity contribution in [3.8, 4) is 23.0 Å². The minimum absolute atomic E-state index is 0.191. The molecule has 0 aromatic heterocycles. The first-order valence-electron chi connectivity index (χ1n) is 9.72. The standard InChI is InChI=1S/C22H25NO6/c1-26-15-7-8-16(19(12-15)27-2)21(23-10-4-3-5-17(23)22(24)25)14-6-9-18-20(11-14)29-13-28-18/h6-9,11-12,17,21H,3-5,10,13H2,1-2H3,(H,24,25). The summed E-state index contributed by atoms with van der Waals surface area (Å²) in [5.74, 6) is 1.90. The molecule has 2 heterocycles. The van der Waals surface area contributed by atoms with Gasteiger partial charge in [-0.05, 0) is 49.2 Å². The molecule has 1 saturated heterocycles. The Bertz CT molecular complexity index is 899. The Morgan fingerprint density at radius 2 is 1.93 bits per heavy atom. The summed E-state index contributed by atoms with van der Waals surface area (Å²) in [5, 5.41) is 9.88. The van der Waals surface area contributed by atoms with Crippen LogP contribution in [0, 0.1) is 0 Å². The molecular weight excluding hydrogens is 374 g/mol. The molecule has 1 fully saturated rings. The van der Waals surface area contributed by atoms with Gasteiger partial charge in [-0.3, -0.25) is 9.69 Å². The number of carbonyl (C=O) groups is 1. The van der Waals surface area contributed by atoms with Crippen LogP contribution in [0.25, 0.3) is 0 Å². The van der Waals surface area contributed by atoms with E-state index in [4.69, 9.17) is 18.9 Å². The molecule has 0 amide bonds. The van der Waals surface area contributed by atoms with E-state index in [1.54, 1.807) is 14.2 Å². The first-order chi connectivity index (χ1) is 14.1. The zero-order valence-corrected chi connectivity index (χ0v) is 16.6. The zero-order chi connectivity index (χ0) is 20.4. The Morgan fingerprint density at radius 1 is 1.10 bits per heavy atom. The molecule has 1 N–H and O–H groups in total. The Morgan fingerprint density at radius 3 is 2.69 bits per heavy atom. The predicted molar refractivity (Wildman–Crippen MR) is 106 cm³/mol. The van der Waals surface area contributed by atoms with Crippen molar-refractivity contribution in [2.75, 3.05) is 27.6 Å². The van der Waals surface area contributed by atoms with Crippen molar-refractivity contribution in [3.63, 3.8) is 0 Å². The van der Waals surface area contributed by atoms with Crippen LogP contribution >= 0.6 is 0 Å². The Kier molecular flexibility index (Phi) is 5.49. The maximum absolute atomic E-state index is 12.0. The fourth-order valence-corrected chi connectivity index (χ4v) is 4.21. The number of aliphatic carboxylic acids is 1. The highest BCUT2D eigenvalue weighted by atomic mass is 16.7. The molecule has 154 valence electrons. The number of hydrogen-bond acceptors (Lipinski definition) is 6. The second-order valence-corrected chi connectivity index (χ2v) is 7.21. The van der Waals surface area contributed by atoms with E-state index >= 15 is 0 Å². The number of methoxy groups -OCH3 is 2. The van der Waals surface area contributed by atoms with E-state index < -0.39 is 12.0 Å². The molecule has 0 spiro atoms. The SMILES string of the molecule is COc1ccc(C(c2ccc3c(c2)OCO3)N2CCCCC2C(=O)O)c(OC)c1. The van der Waals surface area contributed by atoms with Gasteiger partial charge in [-0.15, -0.1) is 0 Å². The fraction of sp³-hybridized carbons (Fsp3) is 0.409. The van der Waals surface area contributed by atoms with E-state index in [2.05, 4.69) is 0 Å². The van der Waals surface area contributed by atoms with Crippen molar-refractivity contribution in [1.82, 2.24) is 4.90 Å². The number of fused-ring (bicyclic) bond motifs is 1. The third-order valence-corrected chi connectivity index (χ3v) is 5.61. The maximum Gasteiger partial charge on any atom is 0.320 e. The van der Waals surface area contributed by atoms with E-state index in [1.807, 2.05) is 41.3 Å². The molecule has 7 nitrogen and oxygen atoms in total. The first-order valence-corrected chi connectivity index (χ1v) is 9.72. The maximum atomic E-state index is 12.0. The molecule has 0 bridgehead atoms. The molecule has 4 rings (SSSR count). The lowest BCUT2D eigenvalue weighted by Gasteiger charge is -2.40. The molecule has 2 aliphatic heterocycles. The van der Waals surface area contributed by atoms with Crippen molar-refractivity contribution in [2.45, 2.75) is 31.3 Å². The van der Waals surface area contributed by atoms with E-state index in [9.17, 15) is 9.90 Å². The lowest BCUT2D eigenvalue weighted by molar-refractivity contribution is -0.145. The summed E-state index contributed by atoms with van der Waals surface area (Å²) >= 11 is 0. The lowest BCUT2D eigenvalue weighted by Crippen LogP contribution is -2.46. The quantitative estimate of drug-likeness (QED) is 0.797. The molecule has 0 radical (unpaired) electrons. The molecule has 2 unspecified atom stereocenters. The zero-order valence-electron chi connectivity index (χ0n) is 16.6. The molecule has 2 atom stereocenters. The monoisotopic (exact) mass is 399 g/mol. The molecule has 29 heavy (non-hydrogen) atoms. The number of ether oxygens (including phenoxy) is 4. The van der Waals surface area contributed by atoms with Crippen LogP contribution in [0.3, 0.4) is 0 Å². The van der Waals surface area contributed by atoms with Gasteiger partial charge < -0.3 is 24.1 Å². The van der Waals surface area contributed by atoms with Crippen molar-refractivity contribution in [2.24, 2.45) is 0 Å². The average Bonchev–Trinajstić information content (AvgIpc) is 3.22. The van der Waals surface area contributed by atoms with Crippen LogP contribution in [0.1, 0.15) is 36.4 Å². The minimum Gasteiger partial charge on any atom is -0.497 e. The molecule has 0 saturated carbocycles. The Labute approximate surface area is 169 Å². The van der Waals surface area contributed by atoms with E-state index in [0.29, 0.717) is 36.0 Å². The number of likely N-dealkylation sites (tertiary alicyclic amines) is 1. The molecule has 2 aliphatic rings. The highest BCUT2D eigenvalue weighted by Crippen LogP contribution is 2.43. The van der Waals surface area contributed by atoms with Crippen LogP contribution in [0.4, 0.5) is 0 Å². The first kappa shape index (κ1) is 19.4. The molecule has 2 aromatic rings. The van der Waals surface area contributed by atoms with Gasteiger partial charge in [0.15, 0.2) is 11.5 Å². The lowest BCUT2D eigenvalue weighted by atomic mass is 9.91. The second-order valence-electron chi connectivity index (χ2n) is 7.21. The van der Waals surface area contributed by atoms with Crippen LogP contribution in [0.15, 0.2) is 36.4 Å². The smallest absolute Gasteiger partial charge is 0.320 e. The Hall–Kier alpha value is -2.93. The summed E-state index contributed by atoms with van der Waals surface area (Å²) in [5.41, 5.74) is 1.83. The number of carboxylic acid groups (broad SMARTS) is 1. The van der Waals surface area contributed by atoms with Crippen LogP contribution in [0.5, 0.6) is 23.0 Å². The van der Waals surface area contributed by atoms with Crippen molar-refractivity contribution < 1.29 is 28.8 Å². The van der Waals surface area contributed by atoms with Gasteiger partial charge in [0.05, 0.1) is 20.3 Å². The highest BCUT2D eigenvalue weighted by Gasteiger charge is 2.37. The fourth-order valence-electron chi connectivity index (χ4n) is 4.21. The highest BCUT2D eigenvalue weighted by molar-refractivity contribution is 5.74. The van der Waals surface area contributed by atoms with Gasteiger partial charge in [-0.2, -0.15) is 0 Å². The molecule has 0 aliphatic carbocycles. The van der Waals surface area contributed by atoms with Crippen LogP contribution in [-0.2, 0) is 4.79 Å². The summed E-state index contributed by atoms with van der Waals surface area (Å²) in [6.45, 7) is 0.877. The van der Waals surface area contributed by atoms with Gasteiger partial charge in [-0.1, -0.05) is 12.5 Å². The summed E-state index contributed by atoms with van der Waals surface area (Å²) in [7, 11) is 3.22. The topological polar surface area (TPSA) is 77.5 Å². The van der Waals surface area contributed by atoms with Crippen LogP contribution in [-0.4, -0.2) is 49.6 Å². The van der Waals surface area contributed by atoms with E-state index in [-0.39, 0.29) is 12.8 Å². The van der Waals surface area contributed by atoms with Gasteiger partial charge in [0.2, 0.25) is 6.79 Å². The normalized spacial score (nSPS) is 19.6. The third kappa shape index (κ3) is 3.70. The van der Waals surface area contributed by atoms with Crippen LogP contribution < -0.4 is 18.9 Å². The van der Waals surface area contributed by atoms with Gasteiger partial charge in [0.1, 0.15) is 17.5 Å². The van der Waals surface area contributed by atoms with Crippen molar-refractivity contribution >= 4 is 5.97 Å². The van der Waals surface area contributed by atoms with Gasteiger partial charge in [0, 0.05) is 11.6 Å². The molecular formula is C22H25NO6. The number of carboxylic acids is 1. The number of nitrogens with zero attached hydrogens (tertiary/aromatic N) is 1. The van der Waals surface area contributed by atoms with Crippen molar-refractivity contribution in [3.05, 3.63) is 47.5 Å². The predicted octanol–water partition coefficient (Wildman–Crippen LogP) is 3.46. The number of piperidine rings is 1. The largest absolute Gasteiger partial charge is 0.497 e. The number of hydrogen-bond donors (Lipinski definition) is 1. The molecule has 2 aromatic carbocycles. The summed E-state index contributed by atoms with van der Waals surface area (Å²) in [4.78, 5) is 14.1. The van der Waals surface area contributed by atoms with Gasteiger partial charge in [0.25, 0.3) is 0 Å². The summed E-state index contributed by atoms with van der Waals surface area (Å²) < 4.78 is 22.0. The van der Waals surface area contributed by atoms with Gasteiger partial charge >= 0.3 is 5.97 Å². The minimum atomic E-state index is -0.803. The summed E-state index contributed by atoms with van der Waals surface area (Å²) in [6, 6.07) is 10.6. The van der Waals surface area contributed by atoms with Crippen LogP contribution in [0.2, 0.25) is 0 Å². The van der Waals surface area contributed by atoms with Crippen molar-refractivity contribution in [1.29, 1.82) is 0 Å². The van der Waals surface area contributed by atoms with Gasteiger partial charge in [-0.25, -0.2) is 0 Å². The van der Waals surface area contributed by atoms with E-state index in [0.717, 1.165) is 24.0 Å². The number of rotatable bonds is 6. The van der Waals surface area contributed by atoms with E-state index in [1.165, 1.54) is 0 Å². The Balaban J connectivity index is 1.84. The molecule has 7 heteroatoms. The average molecular weight is 399 g/mol. The summed E-state index contributed by atoms with van der Waals surface area (Å²) in [6.07, 6.45) is 2.47. The second kappa shape index (κ2) is 8.21. The third-order valence-electron chi connectivity index (χ3n) is 5.61. The number of benzene rings is 2.